The largest absolute Gasteiger partial charge is 0.377 e. The van der Waals surface area contributed by atoms with E-state index in [1.54, 1.807) is 0 Å². The standard InChI is InChI=1S/C16H22N6O2/c1-4-17-5-2-11(1)15-19-16(24-20-15)21-6-3-14-12(8-21)7-18-22(14)13-9-23-10-13/h7,11,13,17H,1-6,8-10H2. The molecule has 0 aromatic carbocycles. The van der Waals surface area contributed by atoms with E-state index in [4.69, 9.17) is 9.26 Å². The first-order valence-electron chi connectivity index (χ1n) is 8.81. The van der Waals surface area contributed by atoms with Crippen molar-refractivity contribution in [3.63, 3.8) is 0 Å². The first kappa shape index (κ1) is 14.4. The summed E-state index contributed by atoms with van der Waals surface area (Å²) < 4.78 is 13.0. The third-order valence-corrected chi connectivity index (χ3v) is 5.34. The zero-order valence-corrected chi connectivity index (χ0v) is 13.6. The molecule has 2 saturated heterocycles. The number of nitrogens with one attached hydrogen (secondary N) is 1. The Hall–Kier alpha value is -1.93. The Labute approximate surface area is 140 Å². The molecule has 3 aliphatic heterocycles. The lowest BCUT2D eigenvalue weighted by atomic mass is 9.98. The lowest BCUT2D eigenvalue weighted by molar-refractivity contribution is -0.0299. The molecular weight excluding hydrogens is 308 g/mol. The van der Waals surface area contributed by atoms with E-state index < -0.39 is 0 Å². The predicted octanol–water partition coefficient (Wildman–Crippen LogP) is 0.867. The van der Waals surface area contributed by atoms with Crippen molar-refractivity contribution >= 4 is 6.01 Å². The SMILES string of the molecule is c1nn(C2COC2)c2c1CN(c1nc(C3CCNCC3)no1)CC2. The molecule has 128 valence electrons. The summed E-state index contributed by atoms with van der Waals surface area (Å²) in [4.78, 5) is 6.84. The zero-order valence-electron chi connectivity index (χ0n) is 13.6. The van der Waals surface area contributed by atoms with E-state index in [1.165, 1.54) is 11.3 Å². The first-order valence-corrected chi connectivity index (χ1v) is 8.81. The fraction of sp³-hybridized carbons (Fsp3) is 0.688. The molecule has 8 nitrogen and oxygen atoms in total. The van der Waals surface area contributed by atoms with Crippen LogP contribution in [0.15, 0.2) is 10.7 Å². The number of rotatable bonds is 3. The molecule has 2 aromatic rings. The molecule has 0 unspecified atom stereocenters. The van der Waals surface area contributed by atoms with Crippen LogP contribution >= 0.6 is 0 Å². The number of hydrogen-bond donors (Lipinski definition) is 1. The van der Waals surface area contributed by atoms with Gasteiger partial charge in [0.15, 0.2) is 5.82 Å². The van der Waals surface area contributed by atoms with Gasteiger partial charge in [-0.1, -0.05) is 5.16 Å². The van der Waals surface area contributed by atoms with Gasteiger partial charge in [0.05, 0.1) is 32.0 Å². The van der Waals surface area contributed by atoms with Crippen LogP contribution in [0.2, 0.25) is 0 Å². The average molecular weight is 330 g/mol. The number of hydrogen-bond acceptors (Lipinski definition) is 7. The highest BCUT2D eigenvalue weighted by molar-refractivity contribution is 5.35. The summed E-state index contributed by atoms with van der Waals surface area (Å²) in [6.07, 6.45) is 5.10. The maximum atomic E-state index is 5.56. The van der Waals surface area contributed by atoms with Gasteiger partial charge in [0.2, 0.25) is 0 Å². The summed E-state index contributed by atoms with van der Waals surface area (Å²) in [7, 11) is 0. The number of anilines is 1. The Bertz CT molecular complexity index is 716. The van der Waals surface area contributed by atoms with E-state index in [1.807, 2.05) is 6.20 Å². The molecule has 5 rings (SSSR count). The molecule has 0 aliphatic carbocycles. The van der Waals surface area contributed by atoms with Gasteiger partial charge in [-0.3, -0.25) is 4.68 Å². The van der Waals surface area contributed by atoms with Gasteiger partial charge < -0.3 is 19.5 Å². The van der Waals surface area contributed by atoms with Crippen molar-refractivity contribution in [2.45, 2.75) is 37.8 Å². The fourth-order valence-corrected chi connectivity index (χ4v) is 3.80. The summed E-state index contributed by atoms with van der Waals surface area (Å²) in [6.45, 7) is 5.30. The van der Waals surface area contributed by atoms with Crippen LogP contribution in [0.4, 0.5) is 6.01 Å². The van der Waals surface area contributed by atoms with Gasteiger partial charge in [0.25, 0.3) is 0 Å². The minimum absolute atomic E-state index is 0.412. The molecule has 0 spiro atoms. The highest BCUT2D eigenvalue weighted by atomic mass is 16.5. The van der Waals surface area contributed by atoms with Gasteiger partial charge in [0.1, 0.15) is 0 Å². The third kappa shape index (κ3) is 2.41. The first-order chi connectivity index (χ1) is 11.9. The second-order valence-corrected chi connectivity index (χ2v) is 6.88. The summed E-state index contributed by atoms with van der Waals surface area (Å²) in [6, 6.07) is 1.06. The highest BCUT2D eigenvalue weighted by Crippen LogP contribution is 2.29. The Morgan fingerprint density at radius 1 is 1.21 bits per heavy atom. The van der Waals surface area contributed by atoms with Crippen molar-refractivity contribution in [3.05, 3.63) is 23.3 Å². The molecule has 0 atom stereocenters. The van der Waals surface area contributed by atoms with Gasteiger partial charge in [-0.25, -0.2) is 0 Å². The molecule has 2 fully saturated rings. The molecule has 0 bridgehead atoms. The van der Waals surface area contributed by atoms with Crippen LogP contribution in [0.3, 0.4) is 0 Å². The summed E-state index contributed by atoms with van der Waals surface area (Å²) >= 11 is 0. The van der Waals surface area contributed by atoms with E-state index >= 15 is 0 Å². The Kier molecular flexibility index (Phi) is 3.52. The van der Waals surface area contributed by atoms with Crippen molar-refractivity contribution < 1.29 is 9.26 Å². The average Bonchev–Trinajstić information content (AvgIpc) is 3.21. The van der Waals surface area contributed by atoms with Crippen LogP contribution in [0.25, 0.3) is 0 Å². The smallest absolute Gasteiger partial charge is 0.324 e. The minimum atomic E-state index is 0.412. The van der Waals surface area contributed by atoms with Gasteiger partial charge in [-0.05, 0) is 25.9 Å². The maximum Gasteiger partial charge on any atom is 0.324 e. The maximum absolute atomic E-state index is 5.56. The van der Waals surface area contributed by atoms with Gasteiger partial charge in [0, 0.05) is 30.1 Å². The van der Waals surface area contributed by atoms with E-state index in [0.29, 0.717) is 18.0 Å². The second-order valence-electron chi connectivity index (χ2n) is 6.88. The number of piperidine rings is 1. The molecule has 1 N–H and O–H groups in total. The number of nitrogens with zero attached hydrogens (tertiary/aromatic N) is 5. The lowest BCUT2D eigenvalue weighted by Crippen LogP contribution is -2.36. The van der Waals surface area contributed by atoms with Gasteiger partial charge >= 0.3 is 6.01 Å². The van der Waals surface area contributed by atoms with Gasteiger partial charge in [-0.15, -0.1) is 0 Å². The van der Waals surface area contributed by atoms with Crippen LogP contribution in [0, 0.1) is 0 Å². The summed E-state index contributed by atoms with van der Waals surface area (Å²) in [5.41, 5.74) is 2.59. The summed E-state index contributed by atoms with van der Waals surface area (Å²) in [5.74, 6) is 1.28. The molecule has 0 radical (unpaired) electrons. The quantitative estimate of drug-likeness (QED) is 0.894. The van der Waals surface area contributed by atoms with E-state index in [2.05, 4.69) is 30.1 Å². The summed E-state index contributed by atoms with van der Waals surface area (Å²) in [5, 5.41) is 12.2. The van der Waals surface area contributed by atoms with Gasteiger partial charge in [-0.2, -0.15) is 10.1 Å². The topological polar surface area (TPSA) is 81.2 Å². The van der Waals surface area contributed by atoms with Crippen LogP contribution in [0.5, 0.6) is 0 Å². The van der Waals surface area contributed by atoms with Crippen molar-refractivity contribution in [2.75, 3.05) is 37.7 Å². The minimum Gasteiger partial charge on any atom is -0.377 e. The Balaban J connectivity index is 1.32. The lowest BCUT2D eigenvalue weighted by Gasteiger charge is -2.30. The molecule has 24 heavy (non-hydrogen) atoms. The molecule has 2 aromatic heterocycles. The molecule has 8 heteroatoms. The monoisotopic (exact) mass is 330 g/mol. The van der Waals surface area contributed by atoms with Crippen LogP contribution < -0.4 is 10.2 Å². The van der Waals surface area contributed by atoms with E-state index in [9.17, 15) is 0 Å². The van der Waals surface area contributed by atoms with Crippen molar-refractivity contribution in [1.29, 1.82) is 0 Å². The van der Waals surface area contributed by atoms with Crippen molar-refractivity contribution in [3.8, 4) is 0 Å². The van der Waals surface area contributed by atoms with Crippen LogP contribution in [-0.4, -0.2) is 52.8 Å². The number of fused-ring (bicyclic) bond motifs is 1. The second kappa shape index (κ2) is 5.86. The normalized spacial score (nSPS) is 22.4. The number of aromatic nitrogens is 4. The molecular formula is C16H22N6O2. The molecule has 3 aliphatic rings. The Morgan fingerprint density at radius 3 is 2.88 bits per heavy atom. The van der Waals surface area contributed by atoms with E-state index in [0.717, 1.165) is 64.5 Å². The predicted molar refractivity (Wildman–Crippen MR) is 86.0 cm³/mol. The molecule has 0 amide bonds. The van der Waals surface area contributed by atoms with Crippen LogP contribution in [-0.2, 0) is 17.7 Å². The van der Waals surface area contributed by atoms with Crippen molar-refractivity contribution in [2.24, 2.45) is 0 Å². The fourth-order valence-electron chi connectivity index (χ4n) is 3.80. The highest BCUT2D eigenvalue weighted by Gasteiger charge is 2.30. The molecule has 5 heterocycles. The van der Waals surface area contributed by atoms with Crippen molar-refractivity contribution in [1.82, 2.24) is 25.2 Å². The van der Waals surface area contributed by atoms with E-state index in [-0.39, 0.29) is 0 Å². The Morgan fingerprint density at radius 2 is 2.08 bits per heavy atom. The zero-order chi connectivity index (χ0) is 15.9. The third-order valence-electron chi connectivity index (χ3n) is 5.34. The molecule has 0 saturated carbocycles. The van der Waals surface area contributed by atoms with Crippen LogP contribution in [0.1, 0.15) is 41.9 Å². The number of ether oxygens (including phenoxy) is 1.